The third kappa shape index (κ3) is 5.65. The van der Waals surface area contributed by atoms with E-state index in [1.165, 1.54) is 11.0 Å². The van der Waals surface area contributed by atoms with Crippen LogP contribution in [0.1, 0.15) is 42.5 Å². The average Bonchev–Trinajstić information content (AvgIpc) is 2.67. The standard InChI is InChI=1S/C23H29FN2O2/c1-5-12-25-23(28)18(4)26(15-20-8-6-7-9-21(20)24)22(27)14-19-11-10-16(2)17(3)13-19/h6-11,13,18H,5,12,14-15H2,1-4H3,(H,25,28). The van der Waals surface area contributed by atoms with Gasteiger partial charge in [-0.3, -0.25) is 9.59 Å². The Labute approximate surface area is 166 Å². The Hall–Kier alpha value is -2.69. The van der Waals surface area contributed by atoms with Gasteiger partial charge < -0.3 is 10.2 Å². The maximum atomic E-state index is 14.2. The second-order valence-electron chi connectivity index (χ2n) is 7.18. The molecule has 0 heterocycles. The Morgan fingerprint density at radius 3 is 2.46 bits per heavy atom. The normalized spacial score (nSPS) is 11.8. The number of aryl methyl sites for hydroxylation is 2. The highest BCUT2D eigenvalue weighted by Crippen LogP contribution is 2.16. The molecule has 0 saturated heterocycles. The van der Waals surface area contributed by atoms with E-state index in [1.807, 2.05) is 39.0 Å². The Bertz CT molecular complexity index is 835. The van der Waals surface area contributed by atoms with E-state index in [1.54, 1.807) is 25.1 Å². The molecule has 4 nitrogen and oxygen atoms in total. The second-order valence-corrected chi connectivity index (χ2v) is 7.18. The molecule has 1 N–H and O–H groups in total. The van der Waals surface area contributed by atoms with E-state index < -0.39 is 6.04 Å². The zero-order valence-corrected chi connectivity index (χ0v) is 17.1. The molecule has 0 fully saturated rings. The second kappa shape index (κ2) is 10.0. The number of carbonyl (C=O) groups excluding carboxylic acids is 2. The van der Waals surface area contributed by atoms with Crippen molar-refractivity contribution in [2.24, 2.45) is 0 Å². The number of rotatable bonds is 8. The summed E-state index contributed by atoms with van der Waals surface area (Å²) < 4.78 is 14.2. The summed E-state index contributed by atoms with van der Waals surface area (Å²) in [5.41, 5.74) is 3.55. The zero-order valence-electron chi connectivity index (χ0n) is 17.1. The van der Waals surface area contributed by atoms with Crippen molar-refractivity contribution >= 4 is 11.8 Å². The fourth-order valence-corrected chi connectivity index (χ4v) is 2.98. The van der Waals surface area contributed by atoms with Crippen molar-refractivity contribution in [3.8, 4) is 0 Å². The van der Waals surface area contributed by atoms with E-state index in [9.17, 15) is 14.0 Å². The fraction of sp³-hybridized carbons (Fsp3) is 0.391. The van der Waals surface area contributed by atoms with Crippen LogP contribution in [0.25, 0.3) is 0 Å². The van der Waals surface area contributed by atoms with Crippen molar-refractivity contribution < 1.29 is 14.0 Å². The molecule has 0 radical (unpaired) electrons. The van der Waals surface area contributed by atoms with Crippen molar-refractivity contribution in [1.29, 1.82) is 0 Å². The Morgan fingerprint density at radius 1 is 1.11 bits per heavy atom. The number of hydrogen-bond acceptors (Lipinski definition) is 2. The van der Waals surface area contributed by atoms with Crippen LogP contribution in [-0.4, -0.2) is 29.3 Å². The first kappa shape index (κ1) is 21.6. The molecule has 2 aromatic rings. The summed E-state index contributed by atoms with van der Waals surface area (Å²) in [5, 5.41) is 2.82. The minimum atomic E-state index is -0.690. The van der Waals surface area contributed by atoms with Gasteiger partial charge in [0.2, 0.25) is 11.8 Å². The highest BCUT2D eigenvalue weighted by atomic mass is 19.1. The number of halogens is 1. The van der Waals surface area contributed by atoms with Gasteiger partial charge in [-0.1, -0.05) is 43.3 Å². The summed E-state index contributed by atoms with van der Waals surface area (Å²) in [6.45, 7) is 8.27. The predicted molar refractivity (Wildman–Crippen MR) is 109 cm³/mol. The van der Waals surface area contributed by atoms with Crippen molar-refractivity contribution in [3.63, 3.8) is 0 Å². The van der Waals surface area contributed by atoms with Crippen LogP contribution >= 0.6 is 0 Å². The van der Waals surface area contributed by atoms with Crippen molar-refractivity contribution in [1.82, 2.24) is 10.2 Å². The average molecular weight is 384 g/mol. The number of nitrogens with zero attached hydrogens (tertiary/aromatic N) is 1. The molecule has 1 atom stereocenters. The van der Waals surface area contributed by atoms with Gasteiger partial charge in [-0.05, 0) is 49.9 Å². The van der Waals surface area contributed by atoms with E-state index >= 15 is 0 Å². The quantitative estimate of drug-likeness (QED) is 0.750. The van der Waals surface area contributed by atoms with Gasteiger partial charge in [0.25, 0.3) is 0 Å². The Balaban J connectivity index is 2.25. The summed E-state index contributed by atoms with van der Waals surface area (Å²) in [6.07, 6.45) is 0.976. The van der Waals surface area contributed by atoms with Crippen LogP contribution in [0, 0.1) is 19.7 Å². The van der Waals surface area contributed by atoms with Crippen LogP contribution in [0.15, 0.2) is 42.5 Å². The minimum Gasteiger partial charge on any atom is -0.354 e. The zero-order chi connectivity index (χ0) is 20.7. The highest BCUT2D eigenvalue weighted by molar-refractivity contribution is 5.88. The largest absolute Gasteiger partial charge is 0.354 e. The van der Waals surface area contributed by atoms with Gasteiger partial charge in [0.05, 0.1) is 6.42 Å². The van der Waals surface area contributed by atoms with Crippen molar-refractivity contribution in [2.45, 2.75) is 53.1 Å². The van der Waals surface area contributed by atoms with E-state index in [0.717, 1.165) is 23.1 Å². The topological polar surface area (TPSA) is 49.4 Å². The first-order chi connectivity index (χ1) is 13.3. The van der Waals surface area contributed by atoms with Gasteiger partial charge in [-0.25, -0.2) is 4.39 Å². The van der Waals surface area contributed by atoms with Gasteiger partial charge in [0.1, 0.15) is 11.9 Å². The lowest BCUT2D eigenvalue weighted by atomic mass is 10.0. The van der Waals surface area contributed by atoms with Crippen LogP contribution in [0.2, 0.25) is 0 Å². The molecule has 0 aromatic heterocycles. The SMILES string of the molecule is CCCNC(=O)C(C)N(Cc1ccccc1F)C(=O)Cc1ccc(C)c(C)c1. The van der Waals surface area contributed by atoms with Crippen molar-refractivity contribution in [2.75, 3.05) is 6.54 Å². The van der Waals surface area contributed by atoms with E-state index in [0.29, 0.717) is 12.1 Å². The lowest BCUT2D eigenvalue weighted by Gasteiger charge is -2.29. The molecule has 0 aliphatic carbocycles. The molecular formula is C23H29FN2O2. The van der Waals surface area contributed by atoms with Crippen LogP contribution in [0.4, 0.5) is 4.39 Å². The van der Waals surface area contributed by atoms with Gasteiger partial charge >= 0.3 is 0 Å². The molecule has 0 bridgehead atoms. The van der Waals surface area contributed by atoms with Gasteiger partial charge in [0.15, 0.2) is 0 Å². The number of benzene rings is 2. The predicted octanol–water partition coefficient (Wildman–Crippen LogP) is 3.93. The first-order valence-electron chi connectivity index (χ1n) is 9.70. The van der Waals surface area contributed by atoms with Crippen molar-refractivity contribution in [3.05, 3.63) is 70.5 Å². The lowest BCUT2D eigenvalue weighted by molar-refractivity contribution is -0.140. The molecule has 0 spiro atoms. The monoisotopic (exact) mass is 384 g/mol. The fourth-order valence-electron chi connectivity index (χ4n) is 2.98. The molecular weight excluding hydrogens is 355 g/mol. The summed E-state index contributed by atoms with van der Waals surface area (Å²) in [6, 6.07) is 11.5. The first-order valence-corrected chi connectivity index (χ1v) is 9.70. The van der Waals surface area contributed by atoms with Gasteiger partial charge in [-0.15, -0.1) is 0 Å². The number of nitrogens with one attached hydrogen (secondary N) is 1. The molecule has 28 heavy (non-hydrogen) atoms. The third-order valence-corrected chi connectivity index (χ3v) is 4.94. The van der Waals surface area contributed by atoms with Crippen LogP contribution in [0.3, 0.4) is 0 Å². The number of amides is 2. The van der Waals surface area contributed by atoms with Gasteiger partial charge in [0, 0.05) is 18.7 Å². The molecule has 1 unspecified atom stereocenters. The molecule has 2 aromatic carbocycles. The maximum absolute atomic E-state index is 14.2. The number of hydrogen-bond donors (Lipinski definition) is 1. The molecule has 5 heteroatoms. The van der Waals surface area contributed by atoms with Crippen LogP contribution in [0.5, 0.6) is 0 Å². The molecule has 0 aliphatic rings. The molecule has 0 aliphatic heterocycles. The molecule has 0 saturated carbocycles. The Morgan fingerprint density at radius 2 is 1.82 bits per heavy atom. The minimum absolute atomic E-state index is 0.0526. The summed E-state index contributed by atoms with van der Waals surface area (Å²) in [7, 11) is 0. The molecule has 2 rings (SSSR count). The van der Waals surface area contributed by atoms with Gasteiger partial charge in [-0.2, -0.15) is 0 Å². The van der Waals surface area contributed by atoms with Crippen LogP contribution < -0.4 is 5.32 Å². The maximum Gasteiger partial charge on any atom is 0.242 e. The lowest BCUT2D eigenvalue weighted by Crippen LogP contribution is -2.48. The molecule has 2 amide bonds. The smallest absolute Gasteiger partial charge is 0.242 e. The van der Waals surface area contributed by atoms with Crippen LogP contribution in [-0.2, 0) is 22.6 Å². The highest BCUT2D eigenvalue weighted by Gasteiger charge is 2.26. The summed E-state index contributed by atoms with van der Waals surface area (Å²) in [4.78, 5) is 27.0. The summed E-state index contributed by atoms with van der Waals surface area (Å²) in [5.74, 6) is -0.815. The van der Waals surface area contributed by atoms with E-state index in [2.05, 4.69) is 5.32 Å². The summed E-state index contributed by atoms with van der Waals surface area (Å²) >= 11 is 0. The third-order valence-electron chi connectivity index (χ3n) is 4.94. The van der Waals surface area contributed by atoms with E-state index in [-0.39, 0.29) is 30.6 Å². The number of carbonyl (C=O) groups is 2. The van der Waals surface area contributed by atoms with E-state index in [4.69, 9.17) is 0 Å². The molecule has 150 valence electrons. The Kier molecular flexibility index (Phi) is 7.73.